The van der Waals surface area contributed by atoms with Crippen molar-refractivity contribution in [3.8, 4) is 23.0 Å². The zero-order valence-corrected chi connectivity index (χ0v) is 11.3. The van der Waals surface area contributed by atoms with E-state index < -0.39 is 0 Å². The van der Waals surface area contributed by atoms with Crippen molar-refractivity contribution >= 4 is 0 Å². The van der Waals surface area contributed by atoms with E-state index >= 15 is 0 Å². The predicted molar refractivity (Wildman–Crippen MR) is 75.7 cm³/mol. The van der Waals surface area contributed by atoms with Crippen LogP contribution in [0.2, 0.25) is 0 Å². The lowest BCUT2D eigenvalue weighted by Crippen LogP contribution is -1.85. The Bertz CT molecular complexity index is 700. The Morgan fingerprint density at radius 1 is 0.800 bits per heavy atom. The lowest BCUT2D eigenvalue weighted by molar-refractivity contribution is 0.482. The molecule has 0 aliphatic carbocycles. The quantitative estimate of drug-likeness (QED) is 0.714. The summed E-state index contributed by atoms with van der Waals surface area (Å²) in [5, 5.41) is 7.80. The molecule has 0 saturated carbocycles. The molecule has 1 aromatic heterocycles. The van der Waals surface area contributed by atoms with Crippen molar-refractivity contribution in [2.24, 2.45) is 0 Å². The summed E-state index contributed by atoms with van der Waals surface area (Å²) in [6.07, 6.45) is 0. The fourth-order valence-corrected chi connectivity index (χ4v) is 1.82. The standard InChI is InChI=1S/C16H14N2O2/c1-11-3-7-14(8-4-11)20-15-9-5-13(6-10-15)16-18-17-12(2)19-16/h3-10H,1-2H3. The molecule has 0 N–H and O–H groups in total. The molecule has 3 rings (SSSR count). The molecule has 0 saturated heterocycles. The molecule has 0 unspecified atom stereocenters. The van der Waals surface area contributed by atoms with Crippen LogP contribution in [0.5, 0.6) is 11.5 Å². The van der Waals surface area contributed by atoms with E-state index in [0.29, 0.717) is 11.8 Å². The van der Waals surface area contributed by atoms with Gasteiger partial charge in [-0.3, -0.25) is 0 Å². The van der Waals surface area contributed by atoms with Gasteiger partial charge in [-0.25, -0.2) is 0 Å². The number of hydrogen-bond acceptors (Lipinski definition) is 4. The summed E-state index contributed by atoms with van der Waals surface area (Å²) < 4.78 is 11.1. The number of benzene rings is 2. The highest BCUT2D eigenvalue weighted by Crippen LogP contribution is 2.25. The number of rotatable bonds is 3. The van der Waals surface area contributed by atoms with E-state index in [4.69, 9.17) is 9.15 Å². The van der Waals surface area contributed by atoms with Gasteiger partial charge >= 0.3 is 0 Å². The molecule has 4 heteroatoms. The number of aryl methyl sites for hydroxylation is 2. The highest BCUT2D eigenvalue weighted by Gasteiger charge is 2.06. The van der Waals surface area contributed by atoms with Crippen molar-refractivity contribution in [1.82, 2.24) is 10.2 Å². The number of aromatic nitrogens is 2. The fraction of sp³-hybridized carbons (Fsp3) is 0.125. The number of hydrogen-bond donors (Lipinski definition) is 0. The normalized spacial score (nSPS) is 10.5. The third-order valence-corrected chi connectivity index (χ3v) is 2.88. The Morgan fingerprint density at radius 2 is 1.40 bits per heavy atom. The smallest absolute Gasteiger partial charge is 0.247 e. The Hall–Kier alpha value is -2.62. The first kappa shape index (κ1) is 12.4. The average Bonchev–Trinajstić information content (AvgIpc) is 2.89. The summed E-state index contributed by atoms with van der Waals surface area (Å²) in [4.78, 5) is 0. The van der Waals surface area contributed by atoms with Gasteiger partial charge in [0, 0.05) is 12.5 Å². The van der Waals surface area contributed by atoms with Crippen LogP contribution in [0.1, 0.15) is 11.5 Å². The second-order valence-corrected chi connectivity index (χ2v) is 4.57. The van der Waals surface area contributed by atoms with Gasteiger partial charge in [0.15, 0.2) is 0 Å². The van der Waals surface area contributed by atoms with E-state index in [1.54, 1.807) is 6.92 Å². The molecule has 0 aliphatic rings. The summed E-state index contributed by atoms with van der Waals surface area (Å²) in [6.45, 7) is 3.82. The first-order valence-electron chi connectivity index (χ1n) is 6.36. The van der Waals surface area contributed by atoms with Gasteiger partial charge in [0.2, 0.25) is 11.8 Å². The first-order chi connectivity index (χ1) is 9.70. The van der Waals surface area contributed by atoms with Crippen LogP contribution in [0.15, 0.2) is 52.9 Å². The molecule has 2 aromatic carbocycles. The maximum Gasteiger partial charge on any atom is 0.247 e. The molecular formula is C16H14N2O2. The highest BCUT2D eigenvalue weighted by atomic mass is 16.5. The molecule has 0 fully saturated rings. The second kappa shape index (κ2) is 5.17. The molecule has 0 spiro atoms. The van der Waals surface area contributed by atoms with Crippen molar-refractivity contribution in [2.45, 2.75) is 13.8 Å². The third kappa shape index (κ3) is 2.69. The summed E-state index contributed by atoms with van der Waals surface area (Å²) in [5.41, 5.74) is 2.08. The number of ether oxygens (including phenoxy) is 1. The van der Waals surface area contributed by atoms with E-state index in [0.717, 1.165) is 17.1 Å². The van der Waals surface area contributed by atoms with Crippen LogP contribution in [0, 0.1) is 13.8 Å². The lowest BCUT2D eigenvalue weighted by atomic mass is 10.2. The van der Waals surface area contributed by atoms with Crippen molar-refractivity contribution in [2.75, 3.05) is 0 Å². The van der Waals surface area contributed by atoms with Crippen LogP contribution in [0.25, 0.3) is 11.5 Å². The molecule has 0 aliphatic heterocycles. The van der Waals surface area contributed by atoms with Gasteiger partial charge in [-0.05, 0) is 43.3 Å². The topological polar surface area (TPSA) is 48.2 Å². The first-order valence-corrected chi connectivity index (χ1v) is 6.36. The van der Waals surface area contributed by atoms with E-state index in [1.807, 2.05) is 55.5 Å². The van der Waals surface area contributed by atoms with Crippen LogP contribution >= 0.6 is 0 Å². The minimum absolute atomic E-state index is 0.518. The van der Waals surface area contributed by atoms with E-state index in [1.165, 1.54) is 5.56 Å². The highest BCUT2D eigenvalue weighted by molar-refractivity contribution is 5.54. The molecule has 100 valence electrons. The summed E-state index contributed by atoms with van der Waals surface area (Å²) in [6, 6.07) is 15.5. The van der Waals surface area contributed by atoms with Gasteiger partial charge in [0.05, 0.1) is 0 Å². The summed E-state index contributed by atoms with van der Waals surface area (Å²) in [5.74, 6) is 2.66. The van der Waals surface area contributed by atoms with Crippen molar-refractivity contribution < 1.29 is 9.15 Å². The van der Waals surface area contributed by atoms with Gasteiger partial charge in [-0.15, -0.1) is 10.2 Å². The Labute approximate surface area is 117 Å². The van der Waals surface area contributed by atoms with E-state index in [9.17, 15) is 0 Å². The Kier molecular flexibility index (Phi) is 3.21. The van der Waals surface area contributed by atoms with Crippen molar-refractivity contribution in [1.29, 1.82) is 0 Å². The third-order valence-electron chi connectivity index (χ3n) is 2.88. The molecule has 0 bridgehead atoms. The van der Waals surface area contributed by atoms with Crippen LogP contribution in [0.3, 0.4) is 0 Å². The fourth-order valence-electron chi connectivity index (χ4n) is 1.82. The minimum Gasteiger partial charge on any atom is -0.457 e. The second-order valence-electron chi connectivity index (χ2n) is 4.57. The minimum atomic E-state index is 0.518. The van der Waals surface area contributed by atoms with Gasteiger partial charge in [-0.2, -0.15) is 0 Å². The van der Waals surface area contributed by atoms with E-state index in [2.05, 4.69) is 10.2 Å². The molecule has 0 atom stereocenters. The zero-order valence-electron chi connectivity index (χ0n) is 11.3. The summed E-state index contributed by atoms with van der Waals surface area (Å²) >= 11 is 0. The molecule has 3 aromatic rings. The van der Waals surface area contributed by atoms with Crippen LogP contribution in [-0.4, -0.2) is 10.2 Å². The summed E-state index contributed by atoms with van der Waals surface area (Å²) in [7, 11) is 0. The monoisotopic (exact) mass is 266 g/mol. The van der Waals surface area contributed by atoms with Gasteiger partial charge < -0.3 is 9.15 Å². The molecule has 20 heavy (non-hydrogen) atoms. The Morgan fingerprint density at radius 3 is 1.95 bits per heavy atom. The molecule has 1 heterocycles. The van der Waals surface area contributed by atoms with Gasteiger partial charge in [-0.1, -0.05) is 17.7 Å². The SMILES string of the molecule is Cc1ccc(Oc2ccc(-c3nnc(C)o3)cc2)cc1. The van der Waals surface area contributed by atoms with Gasteiger partial charge in [0.1, 0.15) is 11.5 Å². The molecule has 4 nitrogen and oxygen atoms in total. The largest absolute Gasteiger partial charge is 0.457 e. The molecule has 0 radical (unpaired) electrons. The maximum absolute atomic E-state index is 5.76. The zero-order chi connectivity index (χ0) is 13.9. The van der Waals surface area contributed by atoms with Crippen LogP contribution in [-0.2, 0) is 0 Å². The van der Waals surface area contributed by atoms with E-state index in [-0.39, 0.29) is 0 Å². The molecule has 0 amide bonds. The van der Waals surface area contributed by atoms with Crippen LogP contribution < -0.4 is 4.74 Å². The maximum atomic E-state index is 5.76. The van der Waals surface area contributed by atoms with Crippen LogP contribution in [0.4, 0.5) is 0 Å². The van der Waals surface area contributed by atoms with Crippen molar-refractivity contribution in [3.63, 3.8) is 0 Å². The average molecular weight is 266 g/mol. The lowest BCUT2D eigenvalue weighted by Gasteiger charge is -2.06. The van der Waals surface area contributed by atoms with Crippen molar-refractivity contribution in [3.05, 3.63) is 60.0 Å². The van der Waals surface area contributed by atoms with Gasteiger partial charge in [0.25, 0.3) is 0 Å². The predicted octanol–water partition coefficient (Wildman–Crippen LogP) is 4.15. The number of nitrogens with zero attached hydrogens (tertiary/aromatic N) is 2. The molecular weight excluding hydrogens is 252 g/mol. The Balaban J connectivity index is 1.77.